The van der Waals surface area contributed by atoms with Crippen molar-refractivity contribution in [1.29, 1.82) is 0 Å². The second-order valence-corrected chi connectivity index (χ2v) is 5.31. The average Bonchev–Trinajstić information content (AvgIpc) is 2.40. The van der Waals surface area contributed by atoms with Crippen LogP contribution in [0.3, 0.4) is 0 Å². The van der Waals surface area contributed by atoms with Gasteiger partial charge in [-0.2, -0.15) is 13.2 Å². The smallest absolute Gasteiger partial charge is 0.446 e. The highest BCUT2D eigenvalue weighted by Crippen LogP contribution is 2.36. The monoisotopic (exact) mass is 313 g/mol. The zero-order chi connectivity index (χ0) is 15.5. The summed E-state index contributed by atoms with van der Waals surface area (Å²) < 4.78 is 36.7. The van der Waals surface area contributed by atoms with E-state index in [1.807, 2.05) is 0 Å². The van der Waals surface area contributed by atoms with Gasteiger partial charge in [0.05, 0.1) is 11.3 Å². The highest BCUT2D eigenvalue weighted by Gasteiger charge is 2.29. The fourth-order valence-electron chi connectivity index (χ4n) is 1.78. The number of hydrogen-bond acceptors (Lipinski definition) is 3. The Labute approximate surface area is 122 Å². The van der Waals surface area contributed by atoms with Crippen molar-refractivity contribution in [2.45, 2.75) is 16.8 Å². The number of thioether (sulfide) groups is 1. The van der Waals surface area contributed by atoms with Gasteiger partial charge in [-0.05, 0) is 41.6 Å². The van der Waals surface area contributed by atoms with Gasteiger partial charge in [-0.3, -0.25) is 4.98 Å². The highest BCUT2D eigenvalue weighted by molar-refractivity contribution is 8.00. The van der Waals surface area contributed by atoms with Gasteiger partial charge in [0, 0.05) is 17.5 Å². The number of carbonyl (C=O) groups is 1. The fraction of sp³-hybridized carbons (Fsp3) is 0.143. The Morgan fingerprint density at radius 2 is 1.86 bits per heavy atom. The lowest BCUT2D eigenvalue weighted by molar-refractivity contribution is -0.0328. The molecule has 0 unspecified atom stereocenters. The predicted octanol–water partition coefficient (Wildman–Crippen LogP) is 3.98. The number of halogens is 3. The molecule has 1 aromatic carbocycles. The van der Waals surface area contributed by atoms with Gasteiger partial charge in [0.25, 0.3) is 0 Å². The molecule has 0 aliphatic carbocycles. The Hall–Kier alpha value is -2.02. The summed E-state index contributed by atoms with van der Waals surface area (Å²) in [5, 5.41) is 9.05. The number of carboxylic acid groups (broad SMARTS) is 1. The zero-order valence-electron chi connectivity index (χ0n) is 10.6. The van der Waals surface area contributed by atoms with Crippen molar-refractivity contribution < 1.29 is 23.1 Å². The first-order valence-electron chi connectivity index (χ1n) is 5.87. The molecule has 1 aromatic heterocycles. The van der Waals surface area contributed by atoms with E-state index in [9.17, 15) is 18.0 Å². The number of rotatable bonds is 4. The molecule has 3 nitrogen and oxygen atoms in total. The Bertz CT molecular complexity index is 641. The fourth-order valence-corrected chi connectivity index (χ4v) is 2.32. The maximum Gasteiger partial charge on any atom is 0.446 e. The molecule has 21 heavy (non-hydrogen) atoms. The molecule has 0 bridgehead atoms. The minimum absolute atomic E-state index is 0.0886. The van der Waals surface area contributed by atoms with Crippen LogP contribution in [-0.4, -0.2) is 21.6 Å². The molecule has 7 heteroatoms. The lowest BCUT2D eigenvalue weighted by Gasteiger charge is -2.07. The van der Waals surface area contributed by atoms with Gasteiger partial charge in [-0.15, -0.1) is 0 Å². The van der Waals surface area contributed by atoms with E-state index in [0.29, 0.717) is 11.3 Å². The molecule has 1 heterocycles. The molecule has 2 rings (SSSR count). The lowest BCUT2D eigenvalue weighted by atomic mass is 10.1. The Morgan fingerprint density at radius 1 is 1.19 bits per heavy atom. The molecule has 0 spiro atoms. The number of benzene rings is 1. The summed E-state index contributed by atoms with van der Waals surface area (Å²) in [6, 6.07) is 8.76. The molecule has 2 aromatic rings. The van der Waals surface area contributed by atoms with Gasteiger partial charge >= 0.3 is 11.5 Å². The maximum atomic E-state index is 12.2. The van der Waals surface area contributed by atoms with Crippen molar-refractivity contribution in [2.75, 3.05) is 0 Å². The third-order valence-electron chi connectivity index (χ3n) is 2.65. The molecule has 0 aliphatic heterocycles. The minimum Gasteiger partial charge on any atom is -0.478 e. The van der Waals surface area contributed by atoms with Crippen molar-refractivity contribution in [2.24, 2.45) is 0 Å². The summed E-state index contributed by atoms with van der Waals surface area (Å²) in [6.45, 7) is 0. The number of aromatic carboxylic acids is 1. The van der Waals surface area contributed by atoms with Crippen LogP contribution in [0.25, 0.3) is 0 Å². The molecule has 0 saturated heterocycles. The zero-order valence-corrected chi connectivity index (χ0v) is 11.4. The lowest BCUT2D eigenvalue weighted by Crippen LogP contribution is -2.05. The Kier molecular flexibility index (Phi) is 4.52. The molecular weight excluding hydrogens is 303 g/mol. The third-order valence-corrected chi connectivity index (χ3v) is 3.39. The van der Waals surface area contributed by atoms with Crippen LogP contribution >= 0.6 is 11.8 Å². The van der Waals surface area contributed by atoms with Gasteiger partial charge in [-0.25, -0.2) is 4.79 Å². The van der Waals surface area contributed by atoms with Crippen LogP contribution < -0.4 is 0 Å². The molecule has 110 valence electrons. The van der Waals surface area contributed by atoms with E-state index < -0.39 is 11.5 Å². The van der Waals surface area contributed by atoms with E-state index in [-0.39, 0.29) is 28.6 Å². The van der Waals surface area contributed by atoms with E-state index in [0.717, 1.165) is 0 Å². The highest BCUT2D eigenvalue weighted by atomic mass is 32.2. The third kappa shape index (κ3) is 4.49. The summed E-state index contributed by atoms with van der Waals surface area (Å²) in [7, 11) is 0. The number of nitrogens with zero attached hydrogens (tertiary/aromatic N) is 1. The normalized spacial score (nSPS) is 11.4. The van der Waals surface area contributed by atoms with Crippen LogP contribution in [0.5, 0.6) is 0 Å². The van der Waals surface area contributed by atoms with Crippen LogP contribution in [0.1, 0.15) is 21.6 Å². The molecule has 0 saturated carbocycles. The van der Waals surface area contributed by atoms with E-state index >= 15 is 0 Å². The molecule has 0 radical (unpaired) electrons. The van der Waals surface area contributed by atoms with Crippen LogP contribution in [-0.2, 0) is 6.42 Å². The SMILES string of the molecule is O=C(O)c1cccnc1Cc1ccc(SC(F)(F)F)cc1. The summed E-state index contributed by atoms with van der Waals surface area (Å²) in [4.78, 5) is 15.2. The van der Waals surface area contributed by atoms with Crippen LogP contribution in [0.15, 0.2) is 47.5 Å². The van der Waals surface area contributed by atoms with Gasteiger partial charge < -0.3 is 5.11 Å². The van der Waals surface area contributed by atoms with Gasteiger partial charge in [-0.1, -0.05) is 12.1 Å². The first-order valence-corrected chi connectivity index (χ1v) is 6.69. The number of carboxylic acids is 1. The first kappa shape index (κ1) is 15.4. The van der Waals surface area contributed by atoms with E-state index in [2.05, 4.69) is 4.98 Å². The number of hydrogen-bond donors (Lipinski definition) is 1. The van der Waals surface area contributed by atoms with Crippen molar-refractivity contribution in [3.05, 3.63) is 59.4 Å². The van der Waals surface area contributed by atoms with Crippen LogP contribution in [0, 0.1) is 0 Å². The quantitative estimate of drug-likeness (QED) is 0.867. The van der Waals surface area contributed by atoms with Crippen molar-refractivity contribution in [1.82, 2.24) is 4.98 Å². The van der Waals surface area contributed by atoms with Crippen LogP contribution in [0.2, 0.25) is 0 Å². The van der Waals surface area contributed by atoms with Gasteiger partial charge in [0.1, 0.15) is 0 Å². The van der Waals surface area contributed by atoms with Crippen molar-refractivity contribution >= 4 is 17.7 Å². The summed E-state index contributed by atoms with van der Waals surface area (Å²) >= 11 is -0.186. The van der Waals surface area contributed by atoms with Crippen LogP contribution in [0.4, 0.5) is 13.2 Å². The first-order chi connectivity index (χ1) is 9.85. The summed E-state index contributed by atoms with van der Waals surface area (Å²) in [6.07, 6.45) is 1.73. The second kappa shape index (κ2) is 6.17. The largest absolute Gasteiger partial charge is 0.478 e. The second-order valence-electron chi connectivity index (χ2n) is 4.17. The summed E-state index contributed by atoms with van der Waals surface area (Å²) in [5.74, 6) is -1.08. The molecular formula is C14H10F3NO2S. The van der Waals surface area contributed by atoms with Gasteiger partial charge in [0.15, 0.2) is 0 Å². The molecule has 0 atom stereocenters. The molecule has 1 N–H and O–H groups in total. The number of aromatic nitrogens is 1. The van der Waals surface area contributed by atoms with Crippen molar-refractivity contribution in [3.63, 3.8) is 0 Å². The Balaban J connectivity index is 2.16. The molecule has 0 amide bonds. The van der Waals surface area contributed by atoms with E-state index in [1.165, 1.54) is 42.6 Å². The molecule has 0 aliphatic rings. The van der Waals surface area contributed by atoms with E-state index in [1.54, 1.807) is 0 Å². The summed E-state index contributed by atoms with van der Waals surface area (Å²) in [5.41, 5.74) is -3.16. The average molecular weight is 313 g/mol. The standard InChI is InChI=1S/C14H10F3NO2S/c15-14(16,17)21-10-5-3-9(4-6-10)8-12-11(13(19)20)2-1-7-18-12/h1-7H,8H2,(H,19,20). The van der Waals surface area contributed by atoms with E-state index in [4.69, 9.17) is 5.11 Å². The molecule has 0 fully saturated rings. The minimum atomic E-state index is -4.32. The maximum absolute atomic E-state index is 12.2. The predicted molar refractivity (Wildman–Crippen MR) is 72.4 cm³/mol. The number of alkyl halides is 3. The topological polar surface area (TPSA) is 50.2 Å². The Morgan fingerprint density at radius 3 is 2.43 bits per heavy atom. The number of pyridine rings is 1. The van der Waals surface area contributed by atoms with Gasteiger partial charge in [0.2, 0.25) is 0 Å². The van der Waals surface area contributed by atoms with Crippen molar-refractivity contribution in [3.8, 4) is 0 Å².